The molecule has 0 aromatic heterocycles. The van der Waals surface area contributed by atoms with E-state index in [4.69, 9.17) is 4.74 Å². The molecular weight excluding hydrogens is 516 g/mol. The normalized spacial score (nSPS) is 13.6. The molecule has 3 aromatic carbocycles. The Kier molecular flexibility index (Phi) is 9.12. The van der Waals surface area contributed by atoms with E-state index in [1.165, 1.54) is 4.90 Å². The Morgan fingerprint density at radius 1 is 0.951 bits per heavy atom. The summed E-state index contributed by atoms with van der Waals surface area (Å²) in [7, 11) is 1.70. The second-order valence-corrected chi connectivity index (χ2v) is 11.1. The van der Waals surface area contributed by atoms with Gasteiger partial charge in [-0.05, 0) is 68.7 Å². The van der Waals surface area contributed by atoms with Crippen LogP contribution in [-0.2, 0) is 16.1 Å². The van der Waals surface area contributed by atoms with Crippen LogP contribution in [0.25, 0.3) is 11.3 Å². The third kappa shape index (κ3) is 7.54. The number of ether oxygens (including phenoxy) is 1. The van der Waals surface area contributed by atoms with Gasteiger partial charge >= 0.3 is 6.09 Å². The maximum atomic E-state index is 13.3. The number of carbonyl (C=O) groups is 3. The van der Waals surface area contributed by atoms with Crippen LogP contribution in [0, 0.1) is 0 Å². The average molecular weight is 555 g/mol. The molecule has 0 atom stereocenters. The maximum absolute atomic E-state index is 13.3. The summed E-state index contributed by atoms with van der Waals surface area (Å²) in [6.45, 7) is 8.58. The van der Waals surface area contributed by atoms with Crippen LogP contribution in [0.15, 0.2) is 72.8 Å². The molecule has 3 N–H and O–H groups in total. The molecular formula is C33H38N4O4. The molecule has 1 aliphatic heterocycles. The van der Waals surface area contributed by atoms with Crippen molar-refractivity contribution in [3.8, 4) is 0 Å². The fourth-order valence-corrected chi connectivity index (χ4v) is 4.44. The van der Waals surface area contributed by atoms with E-state index in [-0.39, 0.29) is 17.9 Å². The lowest BCUT2D eigenvalue weighted by molar-refractivity contribution is -0.110. The first-order chi connectivity index (χ1) is 19.6. The standard InChI is InChI=1S/C33H38N4O4/c1-6-7-19-34-30(38)24-15-18-27-26(20-24)28(31(39)36-27)29(23-11-9-8-10-12-23)35-25-16-13-22(14-17-25)21-37(5)32(40)41-33(2,3)4/h8-18,20,35H,6-7,19,21H2,1-5H3,(H,34,38)(H,36,39)/b29-28-. The molecule has 0 aliphatic carbocycles. The van der Waals surface area contributed by atoms with Crippen LogP contribution in [0.4, 0.5) is 16.2 Å². The number of benzene rings is 3. The van der Waals surface area contributed by atoms with E-state index in [1.807, 2.05) is 75.4 Å². The first-order valence-electron chi connectivity index (χ1n) is 13.9. The van der Waals surface area contributed by atoms with Crippen molar-refractivity contribution in [2.45, 2.75) is 52.7 Å². The van der Waals surface area contributed by atoms with Crippen molar-refractivity contribution in [2.24, 2.45) is 0 Å². The number of nitrogens with zero attached hydrogens (tertiary/aromatic N) is 1. The van der Waals surface area contributed by atoms with Gasteiger partial charge in [-0.25, -0.2) is 4.79 Å². The molecule has 8 nitrogen and oxygen atoms in total. The van der Waals surface area contributed by atoms with Gasteiger partial charge in [0.1, 0.15) is 5.60 Å². The predicted molar refractivity (Wildman–Crippen MR) is 163 cm³/mol. The first-order valence-corrected chi connectivity index (χ1v) is 13.9. The fraction of sp³-hybridized carbons (Fsp3) is 0.303. The van der Waals surface area contributed by atoms with Gasteiger partial charge in [-0.15, -0.1) is 0 Å². The minimum Gasteiger partial charge on any atom is -0.444 e. The zero-order chi connectivity index (χ0) is 29.6. The van der Waals surface area contributed by atoms with Gasteiger partial charge in [0.2, 0.25) is 0 Å². The summed E-state index contributed by atoms with van der Waals surface area (Å²) in [5.41, 5.74) is 4.88. The van der Waals surface area contributed by atoms with E-state index >= 15 is 0 Å². The SMILES string of the molecule is CCCCNC(=O)c1ccc2c(c1)/C(=C(/Nc1ccc(CN(C)C(=O)OC(C)(C)C)cc1)c1ccccc1)C(=O)N2. The van der Waals surface area contributed by atoms with Crippen LogP contribution in [0.5, 0.6) is 0 Å². The summed E-state index contributed by atoms with van der Waals surface area (Å²) >= 11 is 0. The third-order valence-corrected chi connectivity index (χ3v) is 6.50. The van der Waals surface area contributed by atoms with Crippen molar-refractivity contribution < 1.29 is 19.1 Å². The molecule has 8 heteroatoms. The number of carbonyl (C=O) groups excluding carboxylic acids is 3. The van der Waals surface area contributed by atoms with Crippen molar-refractivity contribution in [3.05, 3.63) is 95.1 Å². The van der Waals surface area contributed by atoms with Crippen molar-refractivity contribution in [1.82, 2.24) is 10.2 Å². The van der Waals surface area contributed by atoms with E-state index < -0.39 is 5.60 Å². The molecule has 0 bridgehead atoms. The number of unbranched alkanes of at least 4 members (excludes halogenated alkanes) is 1. The highest BCUT2D eigenvalue weighted by Gasteiger charge is 2.29. The van der Waals surface area contributed by atoms with E-state index in [2.05, 4.69) is 22.9 Å². The molecule has 0 fully saturated rings. The zero-order valence-corrected chi connectivity index (χ0v) is 24.3. The van der Waals surface area contributed by atoms with Gasteiger partial charge in [0.05, 0.1) is 11.3 Å². The lowest BCUT2D eigenvalue weighted by Gasteiger charge is -2.24. The average Bonchev–Trinajstić information content (AvgIpc) is 3.26. The van der Waals surface area contributed by atoms with Crippen molar-refractivity contribution in [1.29, 1.82) is 0 Å². The number of amides is 3. The molecule has 0 radical (unpaired) electrons. The summed E-state index contributed by atoms with van der Waals surface area (Å²) in [5, 5.41) is 9.33. The van der Waals surface area contributed by atoms with Gasteiger partial charge < -0.3 is 25.6 Å². The summed E-state index contributed by atoms with van der Waals surface area (Å²) in [6, 6.07) is 22.6. The molecule has 0 unspecified atom stereocenters. The van der Waals surface area contributed by atoms with Crippen molar-refractivity contribution in [2.75, 3.05) is 24.2 Å². The lowest BCUT2D eigenvalue weighted by atomic mass is 9.98. The lowest BCUT2D eigenvalue weighted by Crippen LogP contribution is -2.33. The van der Waals surface area contributed by atoms with Gasteiger partial charge in [0.25, 0.3) is 11.8 Å². The van der Waals surface area contributed by atoms with Crippen LogP contribution in [0.1, 0.15) is 67.6 Å². The predicted octanol–water partition coefficient (Wildman–Crippen LogP) is 6.52. The van der Waals surface area contributed by atoms with Crippen LogP contribution < -0.4 is 16.0 Å². The highest BCUT2D eigenvalue weighted by Crippen LogP contribution is 2.38. The molecule has 0 spiro atoms. The van der Waals surface area contributed by atoms with Gasteiger partial charge in [-0.1, -0.05) is 55.8 Å². The van der Waals surface area contributed by atoms with Gasteiger partial charge in [0, 0.05) is 42.6 Å². The molecule has 214 valence electrons. The molecule has 1 heterocycles. The summed E-state index contributed by atoms with van der Waals surface area (Å²) in [4.78, 5) is 40.0. The largest absolute Gasteiger partial charge is 0.444 e. The number of anilines is 2. The summed E-state index contributed by atoms with van der Waals surface area (Å²) in [5.74, 6) is -0.411. The number of rotatable bonds is 9. The number of hydrogen-bond acceptors (Lipinski definition) is 5. The summed E-state index contributed by atoms with van der Waals surface area (Å²) < 4.78 is 5.45. The van der Waals surface area contributed by atoms with Crippen LogP contribution in [0.3, 0.4) is 0 Å². The summed E-state index contributed by atoms with van der Waals surface area (Å²) in [6.07, 6.45) is 1.50. The van der Waals surface area contributed by atoms with E-state index in [1.54, 1.807) is 25.2 Å². The maximum Gasteiger partial charge on any atom is 0.410 e. The quantitative estimate of drug-likeness (QED) is 0.207. The number of hydrogen-bond donors (Lipinski definition) is 3. The van der Waals surface area contributed by atoms with E-state index in [0.29, 0.717) is 41.2 Å². The first kappa shape index (κ1) is 29.4. The molecule has 1 aliphatic rings. The van der Waals surface area contributed by atoms with E-state index in [9.17, 15) is 14.4 Å². The van der Waals surface area contributed by atoms with Gasteiger partial charge in [0.15, 0.2) is 0 Å². The monoisotopic (exact) mass is 554 g/mol. The fourth-order valence-electron chi connectivity index (χ4n) is 4.44. The number of fused-ring (bicyclic) bond motifs is 1. The Bertz CT molecular complexity index is 1440. The molecule has 3 amide bonds. The molecule has 0 saturated carbocycles. The minimum absolute atomic E-state index is 0.166. The zero-order valence-electron chi connectivity index (χ0n) is 24.3. The van der Waals surface area contributed by atoms with Crippen molar-refractivity contribution >= 4 is 40.6 Å². The molecule has 41 heavy (non-hydrogen) atoms. The third-order valence-electron chi connectivity index (χ3n) is 6.50. The topological polar surface area (TPSA) is 99.8 Å². The molecule has 4 rings (SSSR count). The number of nitrogens with one attached hydrogen (secondary N) is 3. The Morgan fingerprint density at radius 3 is 2.32 bits per heavy atom. The Morgan fingerprint density at radius 2 is 1.66 bits per heavy atom. The van der Waals surface area contributed by atoms with Crippen LogP contribution >= 0.6 is 0 Å². The van der Waals surface area contributed by atoms with Crippen LogP contribution in [0.2, 0.25) is 0 Å². The van der Waals surface area contributed by atoms with Gasteiger partial charge in [-0.3, -0.25) is 9.59 Å². The minimum atomic E-state index is -0.564. The highest BCUT2D eigenvalue weighted by atomic mass is 16.6. The highest BCUT2D eigenvalue weighted by molar-refractivity contribution is 6.37. The van der Waals surface area contributed by atoms with Crippen molar-refractivity contribution in [3.63, 3.8) is 0 Å². The Balaban J connectivity index is 1.63. The Labute approximate surface area is 241 Å². The van der Waals surface area contributed by atoms with E-state index in [0.717, 1.165) is 29.7 Å². The van der Waals surface area contributed by atoms with Crippen LogP contribution in [-0.4, -0.2) is 42.0 Å². The molecule has 3 aromatic rings. The Hall–Kier alpha value is -4.59. The second-order valence-electron chi connectivity index (χ2n) is 11.1. The second kappa shape index (κ2) is 12.7. The van der Waals surface area contributed by atoms with Gasteiger partial charge in [-0.2, -0.15) is 0 Å². The smallest absolute Gasteiger partial charge is 0.410 e. The molecule has 0 saturated heterocycles.